The van der Waals surface area contributed by atoms with E-state index in [0.717, 1.165) is 5.69 Å². The molecule has 1 unspecified atom stereocenters. The molecule has 0 aliphatic heterocycles. The van der Waals surface area contributed by atoms with Gasteiger partial charge in [-0.2, -0.15) is 0 Å². The van der Waals surface area contributed by atoms with Gasteiger partial charge in [0.05, 0.1) is 23.4 Å². The molecule has 0 saturated carbocycles. The van der Waals surface area contributed by atoms with Crippen LogP contribution in [0.2, 0.25) is 0 Å². The second-order valence-corrected chi connectivity index (χ2v) is 6.02. The predicted molar refractivity (Wildman–Crippen MR) is 92.7 cm³/mol. The maximum Gasteiger partial charge on any atom is 0.338 e. The molecule has 7 nitrogen and oxygen atoms in total. The van der Waals surface area contributed by atoms with E-state index in [0.29, 0.717) is 24.5 Å². The zero-order chi connectivity index (χ0) is 18.1. The van der Waals surface area contributed by atoms with Gasteiger partial charge in [-0.3, -0.25) is 4.79 Å². The van der Waals surface area contributed by atoms with Crippen molar-refractivity contribution in [2.24, 2.45) is 0 Å². The largest absolute Gasteiger partial charge is 0.487 e. The van der Waals surface area contributed by atoms with Gasteiger partial charge in [-0.05, 0) is 25.1 Å². The third kappa shape index (κ3) is 6.52. The molecule has 8 heteroatoms. The Hall–Kier alpha value is -2.45. The SMILES string of the molecule is COCC(C)NC(=O)COC(=O)c1cccc(OCc2cscn2)c1. The maximum atomic E-state index is 12.1. The fourth-order valence-corrected chi connectivity index (χ4v) is 2.54. The average Bonchev–Trinajstić information content (AvgIpc) is 3.12. The lowest BCUT2D eigenvalue weighted by atomic mass is 10.2. The highest BCUT2D eigenvalue weighted by atomic mass is 32.1. The molecule has 25 heavy (non-hydrogen) atoms. The van der Waals surface area contributed by atoms with Crippen LogP contribution in [0.4, 0.5) is 0 Å². The van der Waals surface area contributed by atoms with Crippen LogP contribution in [0.15, 0.2) is 35.2 Å². The fraction of sp³-hybridized carbons (Fsp3) is 0.353. The van der Waals surface area contributed by atoms with E-state index < -0.39 is 5.97 Å². The standard InChI is InChI=1S/C17H20N2O5S/c1-12(7-22-2)19-16(20)9-24-17(21)13-4-3-5-15(6-13)23-8-14-10-25-11-18-14/h3-6,10-12H,7-9H2,1-2H3,(H,19,20). The van der Waals surface area contributed by atoms with Gasteiger partial charge in [-0.1, -0.05) is 6.07 Å². The van der Waals surface area contributed by atoms with Gasteiger partial charge in [-0.15, -0.1) is 11.3 Å². The molecule has 0 saturated heterocycles. The number of thiazole rings is 1. The highest BCUT2D eigenvalue weighted by molar-refractivity contribution is 7.07. The third-order valence-corrected chi connectivity index (χ3v) is 3.73. The van der Waals surface area contributed by atoms with Crippen LogP contribution >= 0.6 is 11.3 Å². The summed E-state index contributed by atoms with van der Waals surface area (Å²) in [5, 5.41) is 4.55. The summed E-state index contributed by atoms with van der Waals surface area (Å²) >= 11 is 1.49. The summed E-state index contributed by atoms with van der Waals surface area (Å²) in [5.41, 5.74) is 2.86. The molecule has 1 amide bonds. The number of methoxy groups -OCH3 is 1. The lowest BCUT2D eigenvalue weighted by Gasteiger charge is -2.12. The highest BCUT2D eigenvalue weighted by Gasteiger charge is 2.13. The van der Waals surface area contributed by atoms with Crippen LogP contribution in [-0.2, 0) is 20.9 Å². The first-order valence-corrected chi connectivity index (χ1v) is 8.58. The van der Waals surface area contributed by atoms with Crippen LogP contribution in [0.1, 0.15) is 23.0 Å². The van der Waals surface area contributed by atoms with Crippen LogP contribution in [0.3, 0.4) is 0 Å². The molecule has 0 aliphatic rings. The number of esters is 1. The number of ether oxygens (including phenoxy) is 3. The minimum atomic E-state index is -0.589. The number of nitrogens with zero attached hydrogens (tertiary/aromatic N) is 1. The summed E-state index contributed by atoms with van der Waals surface area (Å²) in [6.45, 7) is 2.16. The Bertz CT molecular complexity index is 690. The molecule has 0 aliphatic carbocycles. The number of hydrogen-bond acceptors (Lipinski definition) is 7. The van der Waals surface area contributed by atoms with E-state index in [1.807, 2.05) is 5.38 Å². The fourth-order valence-electron chi connectivity index (χ4n) is 2.00. The zero-order valence-electron chi connectivity index (χ0n) is 14.1. The minimum absolute atomic E-state index is 0.154. The Morgan fingerprint density at radius 2 is 2.20 bits per heavy atom. The van der Waals surface area contributed by atoms with E-state index in [1.54, 1.807) is 43.8 Å². The van der Waals surface area contributed by atoms with Gasteiger partial charge in [0.25, 0.3) is 5.91 Å². The number of amides is 1. The first kappa shape index (κ1) is 18.9. The summed E-state index contributed by atoms with van der Waals surface area (Å²) in [7, 11) is 1.55. The number of hydrogen-bond donors (Lipinski definition) is 1. The number of carbonyl (C=O) groups is 2. The van der Waals surface area contributed by atoms with Crippen molar-refractivity contribution in [1.29, 1.82) is 0 Å². The van der Waals surface area contributed by atoms with Crippen LogP contribution in [0.25, 0.3) is 0 Å². The Balaban J connectivity index is 1.82. The van der Waals surface area contributed by atoms with Gasteiger partial charge in [0.15, 0.2) is 6.61 Å². The van der Waals surface area contributed by atoms with Gasteiger partial charge in [0, 0.05) is 18.5 Å². The second kappa shape index (κ2) is 9.75. The number of rotatable bonds is 9. The van der Waals surface area contributed by atoms with Gasteiger partial charge < -0.3 is 19.5 Å². The smallest absolute Gasteiger partial charge is 0.338 e. The van der Waals surface area contributed by atoms with Crippen LogP contribution in [0, 0.1) is 0 Å². The normalized spacial score (nSPS) is 11.6. The molecule has 0 spiro atoms. The summed E-state index contributed by atoms with van der Waals surface area (Å²) in [4.78, 5) is 27.9. The molecule has 2 aromatic rings. The first-order valence-electron chi connectivity index (χ1n) is 7.64. The average molecular weight is 364 g/mol. The third-order valence-electron chi connectivity index (χ3n) is 3.10. The van der Waals surface area contributed by atoms with E-state index in [4.69, 9.17) is 14.2 Å². The first-order chi connectivity index (χ1) is 12.1. The lowest BCUT2D eigenvalue weighted by Crippen LogP contribution is -2.38. The summed E-state index contributed by atoms with van der Waals surface area (Å²) in [6.07, 6.45) is 0. The molecule has 1 heterocycles. The van der Waals surface area contributed by atoms with Crippen molar-refractivity contribution >= 4 is 23.2 Å². The Morgan fingerprint density at radius 1 is 1.36 bits per heavy atom. The number of aromatic nitrogens is 1. The maximum absolute atomic E-state index is 12.1. The van der Waals surface area contributed by atoms with E-state index in [2.05, 4.69) is 10.3 Å². The van der Waals surface area contributed by atoms with E-state index >= 15 is 0 Å². The van der Waals surface area contributed by atoms with Gasteiger partial charge >= 0.3 is 5.97 Å². The van der Waals surface area contributed by atoms with Crippen LogP contribution in [0.5, 0.6) is 5.75 Å². The van der Waals surface area contributed by atoms with Crippen molar-refractivity contribution in [3.05, 3.63) is 46.4 Å². The molecule has 134 valence electrons. The quantitative estimate of drug-likeness (QED) is 0.685. The molecule has 1 aromatic heterocycles. The Labute approximate surface area is 149 Å². The van der Waals surface area contributed by atoms with Gasteiger partial charge in [0.2, 0.25) is 0 Å². The lowest BCUT2D eigenvalue weighted by molar-refractivity contribution is -0.125. The Morgan fingerprint density at radius 3 is 2.92 bits per heavy atom. The molecule has 0 bridgehead atoms. The van der Waals surface area contributed by atoms with Crippen molar-refractivity contribution in [2.45, 2.75) is 19.6 Å². The van der Waals surface area contributed by atoms with Crippen molar-refractivity contribution in [3.63, 3.8) is 0 Å². The molecular weight excluding hydrogens is 344 g/mol. The molecule has 1 N–H and O–H groups in total. The van der Waals surface area contributed by atoms with Gasteiger partial charge in [0.1, 0.15) is 12.4 Å². The minimum Gasteiger partial charge on any atom is -0.487 e. The second-order valence-electron chi connectivity index (χ2n) is 5.30. The summed E-state index contributed by atoms with van der Waals surface area (Å²) < 4.78 is 15.5. The van der Waals surface area contributed by atoms with E-state index in [9.17, 15) is 9.59 Å². The molecular formula is C17H20N2O5S. The predicted octanol–water partition coefficient (Wildman–Crippen LogP) is 2.03. The van der Waals surface area contributed by atoms with E-state index in [1.165, 1.54) is 11.3 Å². The zero-order valence-corrected chi connectivity index (χ0v) is 14.9. The summed E-state index contributed by atoms with van der Waals surface area (Å²) in [6, 6.07) is 6.44. The molecule has 0 fully saturated rings. The van der Waals surface area contributed by atoms with Crippen molar-refractivity contribution in [3.8, 4) is 5.75 Å². The number of nitrogens with one attached hydrogen (secondary N) is 1. The van der Waals surface area contributed by atoms with Crippen molar-refractivity contribution in [1.82, 2.24) is 10.3 Å². The van der Waals surface area contributed by atoms with E-state index in [-0.39, 0.29) is 18.6 Å². The van der Waals surface area contributed by atoms with Crippen molar-refractivity contribution in [2.75, 3.05) is 20.3 Å². The molecule has 0 radical (unpaired) electrons. The van der Waals surface area contributed by atoms with Crippen molar-refractivity contribution < 1.29 is 23.8 Å². The van der Waals surface area contributed by atoms with Gasteiger partial charge in [-0.25, -0.2) is 9.78 Å². The Kier molecular flexibility index (Phi) is 7.36. The molecule has 1 aromatic carbocycles. The highest BCUT2D eigenvalue weighted by Crippen LogP contribution is 2.16. The topological polar surface area (TPSA) is 86.8 Å². The monoisotopic (exact) mass is 364 g/mol. The van der Waals surface area contributed by atoms with Crippen LogP contribution in [-0.4, -0.2) is 43.2 Å². The number of benzene rings is 1. The summed E-state index contributed by atoms with van der Waals surface area (Å²) in [5.74, 6) is -0.442. The molecule has 2 rings (SSSR count). The molecule has 1 atom stereocenters. The van der Waals surface area contributed by atoms with Crippen LogP contribution < -0.4 is 10.1 Å². The number of carbonyl (C=O) groups excluding carboxylic acids is 2.